The Hall–Kier alpha value is -1.95. The summed E-state index contributed by atoms with van der Waals surface area (Å²) >= 11 is 29.9. The van der Waals surface area contributed by atoms with E-state index in [1.165, 1.54) is 6.92 Å². The number of aromatic amines is 1. The zero-order valence-electron chi connectivity index (χ0n) is 26.0. The Labute approximate surface area is 323 Å². The molecule has 258 valence electrons. The lowest BCUT2D eigenvalue weighted by atomic mass is 10.2. The van der Waals surface area contributed by atoms with E-state index in [2.05, 4.69) is 96.2 Å². The molecule has 5 aromatic rings. The minimum Gasteiger partial charge on any atom is -0.466 e. The average Bonchev–Trinajstić information content (AvgIpc) is 2.95. The van der Waals surface area contributed by atoms with Crippen LogP contribution in [0.25, 0.3) is 21.8 Å². The van der Waals surface area contributed by atoms with Gasteiger partial charge in [0.15, 0.2) is 5.43 Å². The molecule has 0 bridgehead atoms. The molecule has 0 saturated carbocycles. The van der Waals surface area contributed by atoms with Gasteiger partial charge < -0.3 is 15.5 Å². The first kappa shape index (κ1) is 44.1. The summed E-state index contributed by atoms with van der Waals surface area (Å²) in [6.45, 7) is 7.22. The molecular formula is C32H31Br3Cl4N3O5P. The van der Waals surface area contributed by atoms with Gasteiger partial charge in [0.25, 0.3) is 0 Å². The fourth-order valence-corrected chi connectivity index (χ4v) is 4.81. The van der Waals surface area contributed by atoms with Gasteiger partial charge in [-0.05, 0) is 128 Å². The lowest BCUT2D eigenvalue weighted by Gasteiger charge is -2.01. The lowest BCUT2D eigenvalue weighted by Crippen LogP contribution is -2.07. The Morgan fingerprint density at radius 1 is 0.875 bits per heavy atom. The number of carbonyl (C=O) groups excluding carboxylic acids is 2. The molecule has 0 aliphatic rings. The van der Waals surface area contributed by atoms with Gasteiger partial charge in [-0.1, -0.05) is 59.4 Å². The van der Waals surface area contributed by atoms with E-state index in [1.54, 1.807) is 13.0 Å². The predicted octanol–water partition coefficient (Wildman–Crippen LogP) is 11.9. The highest BCUT2D eigenvalue weighted by molar-refractivity contribution is 9.11. The van der Waals surface area contributed by atoms with E-state index in [1.807, 2.05) is 80.6 Å². The molecule has 2 aromatic heterocycles. The molecule has 0 saturated heterocycles. The average molecular weight is 950 g/mol. The second-order valence-electron chi connectivity index (χ2n) is 9.55. The maximum atomic E-state index is 11.5. The summed E-state index contributed by atoms with van der Waals surface area (Å²) in [4.78, 5) is 39.7. The molecule has 0 spiro atoms. The second kappa shape index (κ2) is 22.0. The SMILES string of the molecule is CCOC(=O)CC(C)=O.Cc1cc(=O)c2cc(Br)ccc2[nH]1.Cc1cc(Cl)c2cc(Br)ccc2n1.Nc1ccc(Br)cc1.O=P(Cl)(Cl)Cl. The first-order chi connectivity index (χ1) is 22.3. The number of nitrogens with two attached hydrogens (primary N) is 1. The van der Waals surface area contributed by atoms with Crippen molar-refractivity contribution in [1.29, 1.82) is 0 Å². The number of hydrogen-bond donors (Lipinski definition) is 2. The van der Waals surface area contributed by atoms with Crippen molar-refractivity contribution in [2.24, 2.45) is 0 Å². The van der Waals surface area contributed by atoms with E-state index in [0.29, 0.717) is 6.61 Å². The summed E-state index contributed by atoms with van der Waals surface area (Å²) in [5, 5.41) is -0.759. The number of H-pyrrole nitrogens is 1. The van der Waals surface area contributed by atoms with Crippen LogP contribution in [0.3, 0.4) is 0 Å². The van der Waals surface area contributed by atoms with E-state index in [9.17, 15) is 18.9 Å². The summed E-state index contributed by atoms with van der Waals surface area (Å²) in [7, 11) is 0. The minimum atomic E-state index is -3.22. The number of fused-ring (bicyclic) bond motifs is 2. The highest BCUT2D eigenvalue weighted by Crippen LogP contribution is 2.61. The quantitative estimate of drug-likeness (QED) is 0.0796. The number of Topliss-reactive ketones (excluding diaryl/α,β-unsaturated/α-hetero) is 1. The Kier molecular flexibility index (Phi) is 20.2. The zero-order valence-corrected chi connectivity index (χ0v) is 34.7. The van der Waals surface area contributed by atoms with E-state index < -0.39 is 11.2 Å². The molecule has 2 heterocycles. The first-order valence-corrected chi connectivity index (χ1v) is 20.8. The molecule has 0 aliphatic carbocycles. The molecule has 3 aromatic carbocycles. The summed E-state index contributed by atoms with van der Waals surface area (Å²) in [6, 6.07) is 22.5. The summed E-state index contributed by atoms with van der Waals surface area (Å²) in [5.74, 6) is -0.599. The van der Waals surface area contributed by atoms with Crippen LogP contribution >= 0.6 is 98.3 Å². The predicted molar refractivity (Wildman–Crippen MR) is 212 cm³/mol. The van der Waals surface area contributed by atoms with Crippen LogP contribution in [-0.4, -0.2) is 28.3 Å². The van der Waals surface area contributed by atoms with Crippen molar-refractivity contribution in [3.63, 3.8) is 0 Å². The van der Waals surface area contributed by atoms with Gasteiger partial charge in [-0.2, -0.15) is 0 Å². The minimum absolute atomic E-state index is 0.0625. The van der Waals surface area contributed by atoms with Crippen molar-refractivity contribution in [1.82, 2.24) is 9.97 Å². The van der Waals surface area contributed by atoms with Crippen LogP contribution < -0.4 is 11.2 Å². The van der Waals surface area contributed by atoms with Crippen LogP contribution in [-0.2, 0) is 18.9 Å². The Bertz CT molecular complexity index is 1910. The topological polar surface area (TPSA) is 132 Å². The van der Waals surface area contributed by atoms with Crippen molar-refractivity contribution < 1.29 is 18.9 Å². The summed E-state index contributed by atoms with van der Waals surface area (Å²) in [5.41, 5.74) is 9.92. The molecule has 48 heavy (non-hydrogen) atoms. The number of nitrogens with one attached hydrogen (secondary N) is 1. The maximum Gasteiger partial charge on any atom is 0.339 e. The number of carbonyl (C=O) groups is 2. The second-order valence-corrected chi connectivity index (χ2v) is 19.3. The monoisotopic (exact) mass is 945 g/mol. The number of nitrogens with zero attached hydrogens (tertiary/aromatic N) is 1. The number of pyridine rings is 2. The molecule has 5 rings (SSSR count). The number of ether oxygens (including phenoxy) is 1. The third-order valence-corrected chi connectivity index (χ3v) is 7.17. The molecule has 3 N–H and O–H groups in total. The van der Waals surface area contributed by atoms with Gasteiger partial charge in [0, 0.05) is 52.8 Å². The van der Waals surface area contributed by atoms with E-state index >= 15 is 0 Å². The Balaban J connectivity index is 0.000000312. The Morgan fingerprint density at radius 2 is 1.40 bits per heavy atom. The molecule has 0 unspecified atom stereocenters. The number of ketones is 1. The van der Waals surface area contributed by atoms with Crippen LogP contribution in [0.15, 0.2) is 91.0 Å². The van der Waals surface area contributed by atoms with Gasteiger partial charge >= 0.3 is 11.2 Å². The molecule has 0 atom stereocenters. The zero-order chi connectivity index (χ0) is 36.6. The lowest BCUT2D eigenvalue weighted by molar-refractivity contribution is -0.145. The maximum absolute atomic E-state index is 11.5. The van der Waals surface area contributed by atoms with Crippen LogP contribution in [0.2, 0.25) is 5.02 Å². The normalized spacial score (nSPS) is 10.1. The number of anilines is 1. The number of esters is 1. The van der Waals surface area contributed by atoms with Gasteiger partial charge in [0.2, 0.25) is 0 Å². The molecule has 0 fully saturated rings. The van der Waals surface area contributed by atoms with Gasteiger partial charge in [0.1, 0.15) is 12.2 Å². The molecule has 16 heteroatoms. The smallest absolute Gasteiger partial charge is 0.339 e. The van der Waals surface area contributed by atoms with E-state index in [4.69, 9.17) is 17.3 Å². The third kappa shape index (κ3) is 19.3. The summed E-state index contributed by atoms with van der Waals surface area (Å²) in [6.07, 6.45) is -0.103. The van der Waals surface area contributed by atoms with Gasteiger partial charge in [-0.25, -0.2) is 0 Å². The number of nitrogen functional groups attached to an aromatic ring is 1. The molecule has 0 amide bonds. The molecule has 0 radical (unpaired) electrons. The van der Waals surface area contributed by atoms with Crippen LogP contribution in [0.1, 0.15) is 31.7 Å². The number of benzene rings is 3. The van der Waals surface area contributed by atoms with Gasteiger partial charge in [-0.3, -0.25) is 23.9 Å². The first-order valence-electron chi connectivity index (χ1n) is 13.7. The standard InChI is InChI=1S/C10H7BrClN.C10H8BrNO.C6H6BrN.C6H10O3.Cl3OP/c1-6-4-9(12)8-5-7(11)2-3-10(8)13-6;1-6-4-10(13)8-5-7(11)2-3-9(8)12-6;7-5-1-3-6(8)4-2-5;1-3-9-6(8)4-5(2)7;1-5(2,3)4/h2-5H,1H3;2-5H,1H3,(H,12,13);1-4H,8H2;3-4H2,1-2H3;. The van der Waals surface area contributed by atoms with Crippen molar-refractivity contribution >= 4 is 138 Å². The van der Waals surface area contributed by atoms with Crippen molar-refractivity contribution in [2.45, 2.75) is 34.1 Å². The van der Waals surface area contributed by atoms with E-state index in [-0.39, 0.29) is 17.6 Å². The third-order valence-electron chi connectivity index (χ3n) is 5.34. The highest BCUT2D eigenvalue weighted by Gasteiger charge is 2.04. The van der Waals surface area contributed by atoms with E-state index in [0.717, 1.165) is 57.3 Å². The highest BCUT2D eigenvalue weighted by atomic mass is 79.9. The fraction of sp³-hybridized carbons (Fsp3) is 0.188. The van der Waals surface area contributed by atoms with Crippen molar-refractivity contribution in [3.05, 3.63) is 113 Å². The van der Waals surface area contributed by atoms with Crippen LogP contribution in [0.5, 0.6) is 0 Å². The molecular weight excluding hydrogens is 919 g/mol. The largest absolute Gasteiger partial charge is 0.466 e. The number of rotatable bonds is 3. The number of aromatic nitrogens is 2. The number of halogens is 7. The van der Waals surface area contributed by atoms with Crippen LogP contribution in [0, 0.1) is 13.8 Å². The Morgan fingerprint density at radius 3 is 1.92 bits per heavy atom. The van der Waals surface area contributed by atoms with Crippen molar-refractivity contribution in [3.8, 4) is 0 Å². The summed E-state index contributed by atoms with van der Waals surface area (Å²) < 4.78 is 17.0. The molecule has 0 aliphatic heterocycles. The van der Waals surface area contributed by atoms with Gasteiger partial charge in [-0.15, -0.1) is 0 Å². The molecule has 8 nitrogen and oxygen atoms in total. The van der Waals surface area contributed by atoms with Crippen LogP contribution in [0.4, 0.5) is 5.69 Å². The number of aryl methyl sites for hydroxylation is 2. The van der Waals surface area contributed by atoms with Gasteiger partial charge in [0.05, 0.1) is 17.1 Å². The fourth-order valence-electron chi connectivity index (χ4n) is 3.51. The van der Waals surface area contributed by atoms with Crippen molar-refractivity contribution in [2.75, 3.05) is 12.3 Å². The number of hydrogen-bond acceptors (Lipinski definition) is 7.